The van der Waals surface area contributed by atoms with Crippen molar-refractivity contribution in [2.75, 3.05) is 31.1 Å². The number of aliphatic hydroxyl groups excluding tert-OH is 1. The molecule has 5 atom stereocenters. The molecule has 3 nitrogen and oxygen atoms in total. The van der Waals surface area contributed by atoms with E-state index in [-0.39, 0.29) is 12.0 Å². The number of likely N-dealkylation sites (tertiary alicyclic amines) is 1. The van der Waals surface area contributed by atoms with Gasteiger partial charge in [-0.2, -0.15) is 11.8 Å². The van der Waals surface area contributed by atoms with Gasteiger partial charge in [0.15, 0.2) is 0 Å². The first-order chi connectivity index (χ1) is 14.0. The van der Waals surface area contributed by atoms with Gasteiger partial charge < -0.3 is 15.1 Å². The van der Waals surface area contributed by atoms with Crippen LogP contribution >= 0.6 is 11.8 Å². The molecule has 0 spiro atoms. The third-order valence-electron chi connectivity index (χ3n) is 7.25. The second-order valence-electron chi connectivity index (χ2n) is 9.88. The van der Waals surface area contributed by atoms with Crippen molar-refractivity contribution in [3.8, 4) is 0 Å². The van der Waals surface area contributed by atoms with Crippen LogP contribution in [0.4, 0.5) is 0 Å². The lowest BCUT2D eigenvalue weighted by molar-refractivity contribution is 0.0513. The molecule has 29 heavy (non-hydrogen) atoms. The van der Waals surface area contributed by atoms with E-state index in [4.69, 9.17) is 0 Å². The van der Waals surface area contributed by atoms with Crippen molar-refractivity contribution in [3.63, 3.8) is 0 Å². The highest BCUT2D eigenvalue weighted by Crippen LogP contribution is 2.48. The van der Waals surface area contributed by atoms with Crippen LogP contribution in [0.2, 0.25) is 0 Å². The van der Waals surface area contributed by atoms with Gasteiger partial charge in [-0.05, 0) is 82.5 Å². The van der Waals surface area contributed by atoms with Crippen LogP contribution in [-0.4, -0.2) is 58.0 Å². The van der Waals surface area contributed by atoms with Crippen LogP contribution in [0.25, 0.3) is 0 Å². The van der Waals surface area contributed by atoms with Crippen LogP contribution in [0.1, 0.15) is 71.6 Å². The van der Waals surface area contributed by atoms with Crippen LogP contribution in [0.5, 0.6) is 0 Å². The molecule has 1 heterocycles. The fraction of sp³-hybridized carbons (Fsp3) is 0.840. The molecule has 2 aliphatic carbocycles. The van der Waals surface area contributed by atoms with E-state index in [1.54, 1.807) is 5.57 Å². The minimum Gasteiger partial charge on any atom is -0.392 e. The van der Waals surface area contributed by atoms with Crippen LogP contribution in [0.3, 0.4) is 0 Å². The Hall–Kier alpha value is -0.290. The highest BCUT2D eigenvalue weighted by molar-refractivity contribution is 7.99. The second-order valence-corrected chi connectivity index (χ2v) is 11.1. The molecule has 1 saturated carbocycles. The van der Waals surface area contributed by atoms with Gasteiger partial charge in [-0.1, -0.05) is 43.6 Å². The molecule has 1 aliphatic heterocycles. The fourth-order valence-corrected chi connectivity index (χ4v) is 6.43. The summed E-state index contributed by atoms with van der Waals surface area (Å²) < 4.78 is 0. The number of hydrogen-bond donors (Lipinski definition) is 2. The third kappa shape index (κ3) is 7.12. The quantitative estimate of drug-likeness (QED) is 0.342. The van der Waals surface area contributed by atoms with Crippen LogP contribution in [0.15, 0.2) is 23.8 Å². The van der Waals surface area contributed by atoms with Gasteiger partial charge in [-0.3, -0.25) is 0 Å². The molecule has 0 amide bonds. The van der Waals surface area contributed by atoms with Gasteiger partial charge in [0.1, 0.15) is 0 Å². The van der Waals surface area contributed by atoms with Crippen molar-refractivity contribution >= 4 is 11.8 Å². The summed E-state index contributed by atoms with van der Waals surface area (Å²) in [6.07, 6.45) is 16.4. The van der Waals surface area contributed by atoms with E-state index >= 15 is 0 Å². The van der Waals surface area contributed by atoms with Crippen molar-refractivity contribution in [1.29, 1.82) is 0 Å². The van der Waals surface area contributed by atoms with Gasteiger partial charge in [0.05, 0.1) is 11.7 Å². The summed E-state index contributed by atoms with van der Waals surface area (Å²) in [6, 6.07) is 0. The van der Waals surface area contributed by atoms with Gasteiger partial charge in [0.25, 0.3) is 0 Å². The number of rotatable bonds is 12. The monoisotopic (exact) mass is 421 g/mol. The number of unbranched alkanes of at least 4 members (excludes halogenated alkanes) is 1. The Morgan fingerprint density at radius 2 is 2.07 bits per heavy atom. The normalized spacial score (nSPS) is 32.1. The number of aliphatic hydroxyl groups is 2. The van der Waals surface area contributed by atoms with E-state index in [1.807, 2.05) is 6.92 Å². The first-order valence-electron chi connectivity index (χ1n) is 12.1. The lowest BCUT2D eigenvalue weighted by Crippen LogP contribution is -2.23. The maximum Gasteiger partial charge on any atom is 0.0654 e. The summed E-state index contributed by atoms with van der Waals surface area (Å²) in [6.45, 7) is 7.98. The van der Waals surface area contributed by atoms with Gasteiger partial charge in [0, 0.05) is 18.2 Å². The molecule has 0 aromatic carbocycles. The zero-order valence-electron chi connectivity index (χ0n) is 18.7. The first kappa shape index (κ1) is 23.4. The topological polar surface area (TPSA) is 43.7 Å². The van der Waals surface area contributed by atoms with Crippen LogP contribution in [0, 0.1) is 17.8 Å². The molecule has 3 rings (SSSR count). The van der Waals surface area contributed by atoms with Crippen LogP contribution < -0.4 is 0 Å². The van der Waals surface area contributed by atoms with Crippen molar-refractivity contribution < 1.29 is 10.2 Å². The predicted molar refractivity (Wildman–Crippen MR) is 125 cm³/mol. The molecule has 0 bridgehead atoms. The van der Waals surface area contributed by atoms with Gasteiger partial charge in [0.2, 0.25) is 0 Å². The van der Waals surface area contributed by atoms with Crippen molar-refractivity contribution in [3.05, 3.63) is 23.8 Å². The number of hydrogen-bond acceptors (Lipinski definition) is 4. The fourth-order valence-electron chi connectivity index (χ4n) is 5.43. The summed E-state index contributed by atoms with van der Waals surface area (Å²) in [5.74, 6) is 3.90. The highest BCUT2D eigenvalue weighted by Gasteiger charge is 2.43. The van der Waals surface area contributed by atoms with Crippen molar-refractivity contribution in [1.82, 2.24) is 4.90 Å². The lowest BCUT2D eigenvalue weighted by atomic mass is 9.88. The molecule has 0 aromatic rings. The smallest absolute Gasteiger partial charge is 0.0654 e. The zero-order valence-corrected chi connectivity index (χ0v) is 19.5. The summed E-state index contributed by atoms with van der Waals surface area (Å²) in [5, 5.41) is 21.0. The molecule has 0 unspecified atom stereocenters. The maximum absolute atomic E-state index is 10.5. The molecule has 2 fully saturated rings. The maximum atomic E-state index is 10.5. The van der Waals surface area contributed by atoms with E-state index < -0.39 is 5.60 Å². The molecule has 0 radical (unpaired) electrons. The van der Waals surface area contributed by atoms with Gasteiger partial charge in [-0.15, -0.1) is 0 Å². The first-order valence-corrected chi connectivity index (χ1v) is 13.2. The minimum absolute atomic E-state index is 0.213. The van der Waals surface area contributed by atoms with E-state index in [9.17, 15) is 10.2 Å². The van der Waals surface area contributed by atoms with Crippen LogP contribution in [-0.2, 0) is 0 Å². The summed E-state index contributed by atoms with van der Waals surface area (Å²) >= 11 is 2.11. The summed E-state index contributed by atoms with van der Waals surface area (Å²) in [4.78, 5) is 2.60. The van der Waals surface area contributed by atoms with Gasteiger partial charge >= 0.3 is 0 Å². The van der Waals surface area contributed by atoms with E-state index in [2.05, 4.69) is 41.8 Å². The number of thioether (sulfide) groups is 1. The Labute approximate surface area is 183 Å². The number of fused-ring (bicyclic) bond motifs is 1. The Morgan fingerprint density at radius 3 is 2.83 bits per heavy atom. The molecular weight excluding hydrogens is 378 g/mol. The predicted octanol–water partition coefficient (Wildman–Crippen LogP) is 5.04. The molecule has 3 aliphatic rings. The largest absolute Gasteiger partial charge is 0.392 e. The third-order valence-corrected chi connectivity index (χ3v) is 8.22. The summed E-state index contributed by atoms with van der Waals surface area (Å²) in [7, 11) is 0. The lowest BCUT2D eigenvalue weighted by Gasteiger charge is -2.22. The minimum atomic E-state index is -0.610. The molecular formula is C25H43NO2S. The number of allylic oxidation sites excluding steroid dienone is 2. The van der Waals surface area contributed by atoms with Gasteiger partial charge in [-0.25, -0.2) is 0 Å². The molecule has 2 N–H and O–H groups in total. The molecule has 1 saturated heterocycles. The van der Waals surface area contributed by atoms with E-state index in [0.29, 0.717) is 18.3 Å². The SMILES string of the molecule is CCCC[C@](C)(O)CC=C[C@@H]1[C@H]2CC(CCSCCN3CCCC3)=C[C@H]2C[C@H]1O. The summed E-state index contributed by atoms with van der Waals surface area (Å²) in [5.41, 5.74) is 1.01. The Balaban J connectivity index is 1.37. The van der Waals surface area contributed by atoms with E-state index in [0.717, 1.165) is 32.1 Å². The molecule has 0 aromatic heterocycles. The zero-order chi connectivity index (χ0) is 20.7. The average molecular weight is 422 g/mol. The Bertz CT molecular complexity index is 553. The van der Waals surface area contributed by atoms with E-state index in [1.165, 1.54) is 50.4 Å². The highest BCUT2D eigenvalue weighted by atomic mass is 32.2. The molecule has 166 valence electrons. The average Bonchev–Trinajstić information content (AvgIpc) is 3.38. The van der Waals surface area contributed by atoms with Crippen molar-refractivity contribution in [2.24, 2.45) is 17.8 Å². The number of nitrogens with zero attached hydrogens (tertiary/aromatic N) is 1. The Morgan fingerprint density at radius 1 is 1.28 bits per heavy atom. The second kappa shape index (κ2) is 11.4. The van der Waals surface area contributed by atoms with Crippen molar-refractivity contribution in [2.45, 2.75) is 83.3 Å². The Kier molecular flexibility index (Phi) is 9.16. The molecule has 4 heteroatoms. The standard InChI is InChI=1S/C25H43NO2S/c1-3-4-10-25(2,28)11-7-8-22-23-18-20(17-21(23)19-24(22)27)9-15-29-16-14-26-12-5-6-13-26/h7-8,17,21-24,27-28H,3-6,9-16,18-19H2,1-2H3/t21-,22+,23-,24+,25-/m0/s1.